The van der Waals surface area contributed by atoms with Crippen LogP contribution in [0.5, 0.6) is 0 Å². The van der Waals surface area contributed by atoms with E-state index in [1.807, 2.05) is 0 Å². The van der Waals surface area contributed by atoms with E-state index in [4.69, 9.17) is 0 Å². The number of nitrogens with one attached hydrogen (secondary N) is 2. The zero-order valence-electron chi connectivity index (χ0n) is 15.2. The van der Waals surface area contributed by atoms with E-state index in [1.54, 1.807) is 11.4 Å². The van der Waals surface area contributed by atoms with Crippen molar-refractivity contribution in [2.24, 2.45) is 0 Å². The Labute approximate surface area is 165 Å². The summed E-state index contributed by atoms with van der Waals surface area (Å²) in [5.74, 6) is -2.56. The molecule has 0 saturated heterocycles. The topological polar surface area (TPSA) is 92.3 Å². The van der Waals surface area contributed by atoms with Gasteiger partial charge < -0.3 is 5.32 Å². The van der Waals surface area contributed by atoms with E-state index in [0.717, 1.165) is 0 Å². The Balaban J connectivity index is 2.07. The Bertz CT molecular complexity index is 1030. The van der Waals surface area contributed by atoms with Gasteiger partial charge in [0.2, 0.25) is 10.0 Å². The molecule has 6 nitrogen and oxygen atoms in total. The third-order valence-corrected chi connectivity index (χ3v) is 4.96. The second kappa shape index (κ2) is 8.91. The third-order valence-electron chi connectivity index (χ3n) is 3.65. The lowest BCUT2D eigenvalue weighted by molar-refractivity contribution is -0.167. The molecule has 0 aliphatic carbocycles. The maximum absolute atomic E-state index is 12.3. The first-order chi connectivity index (χ1) is 13.5. The van der Waals surface area contributed by atoms with Crippen LogP contribution in [0, 0.1) is 0 Å². The number of benzene rings is 2. The van der Waals surface area contributed by atoms with Gasteiger partial charge in [0, 0.05) is 16.9 Å². The van der Waals surface area contributed by atoms with E-state index < -0.39 is 22.1 Å². The molecule has 2 aromatic rings. The largest absolute Gasteiger partial charge is 0.471 e. The molecule has 2 rings (SSSR count). The van der Waals surface area contributed by atoms with Gasteiger partial charge in [0.15, 0.2) is 5.78 Å². The van der Waals surface area contributed by atoms with Crippen molar-refractivity contribution in [3.63, 3.8) is 0 Å². The molecule has 0 atom stereocenters. The Morgan fingerprint density at radius 2 is 1.69 bits per heavy atom. The summed E-state index contributed by atoms with van der Waals surface area (Å²) in [6.07, 6.45) is -2.39. The molecule has 0 aliphatic heterocycles. The maximum atomic E-state index is 12.3. The van der Waals surface area contributed by atoms with Crippen molar-refractivity contribution in [1.82, 2.24) is 0 Å². The highest BCUT2D eigenvalue weighted by Gasteiger charge is 2.38. The van der Waals surface area contributed by atoms with Crippen molar-refractivity contribution in [2.75, 3.05) is 15.8 Å². The summed E-state index contributed by atoms with van der Waals surface area (Å²) >= 11 is 0. The maximum Gasteiger partial charge on any atom is 0.471 e. The fourth-order valence-electron chi connectivity index (χ4n) is 2.14. The van der Waals surface area contributed by atoms with Crippen molar-refractivity contribution in [3.05, 3.63) is 65.7 Å². The van der Waals surface area contributed by atoms with Gasteiger partial charge in [-0.15, -0.1) is 0 Å². The standard InChI is InChI=1S/C19H17F3N2O4S/c1-2-29(27,28)24-15-9-7-14(8-10-15)17(25)11-6-13-4-3-5-16(12-13)23-18(26)19(20,21)22/h3-12,24H,2H2,1H3,(H,23,26)/b11-6+. The summed E-state index contributed by atoms with van der Waals surface area (Å²) in [4.78, 5) is 23.2. The number of sulfonamides is 1. The predicted octanol–water partition coefficient (Wildman–Crippen LogP) is 3.85. The van der Waals surface area contributed by atoms with E-state index in [1.165, 1.54) is 61.5 Å². The third kappa shape index (κ3) is 6.75. The Morgan fingerprint density at radius 3 is 2.28 bits per heavy atom. The lowest BCUT2D eigenvalue weighted by Gasteiger charge is -2.08. The minimum absolute atomic E-state index is 0.0607. The summed E-state index contributed by atoms with van der Waals surface area (Å²) in [7, 11) is -3.42. The lowest BCUT2D eigenvalue weighted by Crippen LogP contribution is -2.29. The molecule has 29 heavy (non-hydrogen) atoms. The summed E-state index contributed by atoms with van der Waals surface area (Å²) in [6.45, 7) is 1.49. The number of alkyl halides is 3. The van der Waals surface area contributed by atoms with Gasteiger partial charge in [-0.25, -0.2) is 8.42 Å². The molecule has 1 amide bonds. The number of allylic oxidation sites excluding steroid dienone is 1. The second-order valence-corrected chi connectivity index (χ2v) is 7.87. The van der Waals surface area contributed by atoms with Crippen LogP contribution in [-0.2, 0) is 14.8 Å². The number of hydrogen-bond donors (Lipinski definition) is 2. The zero-order chi connectivity index (χ0) is 21.7. The lowest BCUT2D eigenvalue weighted by atomic mass is 10.1. The van der Waals surface area contributed by atoms with Gasteiger partial charge in [-0.2, -0.15) is 13.2 Å². The Kier molecular flexibility index (Phi) is 6.80. The van der Waals surface area contributed by atoms with Gasteiger partial charge in [0.05, 0.1) is 5.75 Å². The number of ketones is 1. The minimum Gasteiger partial charge on any atom is -0.318 e. The summed E-state index contributed by atoms with van der Waals surface area (Å²) in [5.41, 5.74) is 0.961. The van der Waals surface area contributed by atoms with Gasteiger partial charge >= 0.3 is 12.1 Å². The summed E-state index contributed by atoms with van der Waals surface area (Å²) < 4.78 is 62.3. The van der Waals surface area contributed by atoms with Crippen molar-refractivity contribution >= 4 is 39.2 Å². The highest BCUT2D eigenvalue weighted by Crippen LogP contribution is 2.19. The van der Waals surface area contributed by atoms with Gasteiger partial charge in [-0.1, -0.05) is 18.2 Å². The van der Waals surface area contributed by atoms with Crippen molar-refractivity contribution in [3.8, 4) is 0 Å². The van der Waals surface area contributed by atoms with E-state index >= 15 is 0 Å². The van der Waals surface area contributed by atoms with Crippen LogP contribution in [0.4, 0.5) is 24.5 Å². The average molecular weight is 426 g/mol. The predicted molar refractivity (Wildman–Crippen MR) is 104 cm³/mol. The number of anilines is 2. The first kappa shape index (κ1) is 22.2. The van der Waals surface area contributed by atoms with Crippen LogP contribution >= 0.6 is 0 Å². The molecule has 0 heterocycles. The Hall–Kier alpha value is -3.14. The molecule has 0 unspecified atom stereocenters. The molecule has 2 N–H and O–H groups in total. The van der Waals surface area contributed by atoms with E-state index in [-0.39, 0.29) is 17.2 Å². The summed E-state index contributed by atoms with van der Waals surface area (Å²) in [5, 5.41) is 1.73. The molecule has 2 aromatic carbocycles. The number of hydrogen-bond acceptors (Lipinski definition) is 4. The molecule has 0 fully saturated rings. The molecule has 0 bridgehead atoms. The van der Waals surface area contributed by atoms with Gasteiger partial charge in [-0.3, -0.25) is 14.3 Å². The average Bonchev–Trinajstić information content (AvgIpc) is 2.66. The van der Waals surface area contributed by atoms with E-state index in [9.17, 15) is 31.2 Å². The van der Waals surface area contributed by atoms with Crippen molar-refractivity contribution < 1.29 is 31.2 Å². The van der Waals surface area contributed by atoms with Crippen LogP contribution in [0.15, 0.2) is 54.6 Å². The van der Waals surface area contributed by atoms with E-state index in [0.29, 0.717) is 16.8 Å². The van der Waals surface area contributed by atoms with E-state index in [2.05, 4.69) is 4.72 Å². The molecule has 154 valence electrons. The highest BCUT2D eigenvalue weighted by atomic mass is 32.2. The molecule has 0 aromatic heterocycles. The molecular weight excluding hydrogens is 409 g/mol. The molecule has 10 heteroatoms. The first-order valence-corrected chi connectivity index (χ1v) is 9.96. The zero-order valence-corrected chi connectivity index (χ0v) is 16.0. The quantitative estimate of drug-likeness (QED) is 0.520. The molecule has 0 radical (unpaired) electrons. The van der Waals surface area contributed by atoms with Crippen LogP contribution in [0.1, 0.15) is 22.8 Å². The van der Waals surface area contributed by atoms with Crippen LogP contribution in [0.25, 0.3) is 6.08 Å². The number of rotatable bonds is 7. The van der Waals surface area contributed by atoms with Crippen molar-refractivity contribution in [1.29, 1.82) is 0 Å². The Morgan fingerprint density at radius 1 is 1.03 bits per heavy atom. The van der Waals surface area contributed by atoms with Crippen LogP contribution in [-0.4, -0.2) is 32.0 Å². The first-order valence-electron chi connectivity index (χ1n) is 8.31. The number of amides is 1. The van der Waals surface area contributed by atoms with Crippen LogP contribution < -0.4 is 10.0 Å². The number of carbonyl (C=O) groups excluding carboxylic acids is 2. The molecule has 0 aliphatic rings. The normalized spacial score (nSPS) is 12.0. The smallest absolute Gasteiger partial charge is 0.318 e. The number of carbonyl (C=O) groups is 2. The van der Waals surface area contributed by atoms with Crippen LogP contribution in [0.3, 0.4) is 0 Å². The molecule has 0 spiro atoms. The van der Waals surface area contributed by atoms with Gasteiger partial charge in [-0.05, 0) is 55.0 Å². The van der Waals surface area contributed by atoms with Crippen molar-refractivity contribution in [2.45, 2.75) is 13.1 Å². The fraction of sp³-hybridized carbons (Fsp3) is 0.158. The summed E-state index contributed by atoms with van der Waals surface area (Å²) in [6, 6.07) is 11.3. The molecule has 0 saturated carbocycles. The second-order valence-electron chi connectivity index (χ2n) is 5.86. The van der Waals surface area contributed by atoms with Crippen LogP contribution in [0.2, 0.25) is 0 Å². The number of halogens is 3. The SMILES string of the molecule is CCS(=O)(=O)Nc1ccc(C(=O)/C=C/c2cccc(NC(=O)C(F)(F)F)c2)cc1. The minimum atomic E-state index is -5.00. The fourth-order valence-corrected chi connectivity index (χ4v) is 2.78. The van der Waals surface area contributed by atoms with Gasteiger partial charge in [0.25, 0.3) is 0 Å². The van der Waals surface area contributed by atoms with Gasteiger partial charge in [0.1, 0.15) is 0 Å². The molecular formula is C19H17F3N2O4S. The highest BCUT2D eigenvalue weighted by molar-refractivity contribution is 7.92. The monoisotopic (exact) mass is 426 g/mol.